The molecule has 0 radical (unpaired) electrons. The molecule has 1 fully saturated rings. The molecule has 1 aliphatic heterocycles. The summed E-state index contributed by atoms with van der Waals surface area (Å²) in [4.78, 5) is 14.5. The molecule has 1 N–H and O–H groups in total. The van der Waals surface area contributed by atoms with Crippen molar-refractivity contribution in [1.82, 2.24) is 20.3 Å². The Morgan fingerprint density at radius 1 is 1.50 bits per heavy atom. The summed E-state index contributed by atoms with van der Waals surface area (Å²) in [6, 6.07) is 1.63. The predicted molar refractivity (Wildman–Crippen MR) is 85.3 cm³/mol. The molecular formula is C15H20N4O4S. The van der Waals surface area contributed by atoms with Crippen LogP contribution in [-0.4, -0.2) is 53.9 Å². The normalized spacial score (nSPS) is 18.8. The van der Waals surface area contributed by atoms with Crippen molar-refractivity contribution in [2.45, 2.75) is 31.1 Å². The molecule has 9 heteroatoms. The third-order valence-corrected chi connectivity index (χ3v) is 5.38. The fourth-order valence-corrected chi connectivity index (χ4v) is 3.92. The number of aromatic amines is 1. The van der Waals surface area contributed by atoms with Gasteiger partial charge in [0.2, 0.25) is 0 Å². The summed E-state index contributed by atoms with van der Waals surface area (Å²) in [7, 11) is -3.31. The van der Waals surface area contributed by atoms with Gasteiger partial charge < -0.3 is 9.42 Å². The van der Waals surface area contributed by atoms with Crippen LogP contribution in [0.3, 0.4) is 0 Å². The van der Waals surface area contributed by atoms with Crippen LogP contribution < -0.4 is 0 Å². The Hall–Kier alpha value is -2.16. The van der Waals surface area contributed by atoms with Crippen LogP contribution in [0.5, 0.6) is 0 Å². The summed E-state index contributed by atoms with van der Waals surface area (Å²) in [6.07, 6.45) is 4.86. The van der Waals surface area contributed by atoms with Gasteiger partial charge >= 0.3 is 0 Å². The molecule has 1 saturated heterocycles. The number of nitrogens with one attached hydrogen (secondary N) is 1. The first kappa shape index (κ1) is 16.7. The van der Waals surface area contributed by atoms with Crippen LogP contribution in [0.15, 0.2) is 21.7 Å². The number of carbonyl (C=O) groups is 1. The Labute approximate surface area is 140 Å². The summed E-state index contributed by atoms with van der Waals surface area (Å²) in [5.74, 6) is 0.628. The lowest BCUT2D eigenvalue weighted by Crippen LogP contribution is -2.40. The van der Waals surface area contributed by atoms with E-state index in [1.54, 1.807) is 17.9 Å². The molecule has 2 aromatic rings. The average Bonchev–Trinajstić information content (AvgIpc) is 3.15. The van der Waals surface area contributed by atoms with Crippen molar-refractivity contribution in [2.24, 2.45) is 5.92 Å². The van der Waals surface area contributed by atoms with Crippen LogP contribution >= 0.6 is 0 Å². The molecule has 0 spiro atoms. The molecule has 0 bridgehead atoms. The molecular weight excluding hydrogens is 332 g/mol. The zero-order valence-corrected chi connectivity index (χ0v) is 14.5. The number of piperidine rings is 1. The molecule has 0 aliphatic carbocycles. The number of rotatable bonds is 4. The predicted octanol–water partition coefficient (Wildman–Crippen LogP) is 1.20. The summed E-state index contributed by atoms with van der Waals surface area (Å²) < 4.78 is 28.5. The largest absolute Gasteiger partial charge is 0.361 e. The monoisotopic (exact) mass is 352 g/mol. The lowest BCUT2D eigenvalue weighted by molar-refractivity contribution is 0.0662. The summed E-state index contributed by atoms with van der Waals surface area (Å²) in [5.41, 5.74) is 0.917. The van der Waals surface area contributed by atoms with Crippen LogP contribution in [0.1, 0.15) is 34.8 Å². The standard InChI is InChI=1S/C15H20N4O4S/c1-10-6-13(18-23-10)15(20)19-5-3-4-11(9-19)7-12-14(8-16-17-12)24(2,21)22/h6,8,11H,3-5,7,9H2,1-2H3,(H,16,17). The Bertz CT molecular complexity index is 839. The number of aromatic nitrogens is 3. The molecule has 0 aromatic carbocycles. The molecule has 1 aliphatic rings. The maximum Gasteiger partial charge on any atom is 0.276 e. The van der Waals surface area contributed by atoms with E-state index in [1.807, 2.05) is 0 Å². The number of carbonyl (C=O) groups excluding carboxylic acids is 1. The second kappa shape index (κ2) is 6.39. The minimum absolute atomic E-state index is 0.149. The molecule has 1 amide bonds. The third-order valence-electron chi connectivity index (χ3n) is 4.22. The third kappa shape index (κ3) is 3.50. The van der Waals surface area contributed by atoms with E-state index in [2.05, 4.69) is 15.4 Å². The van der Waals surface area contributed by atoms with Gasteiger partial charge in [-0.3, -0.25) is 9.89 Å². The van der Waals surface area contributed by atoms with Gasteiger partial charge in [0.1, 0.15) is 10.7 Å². The highest BCUT2D eigenvalue weighted by atomic mass is 32.2. The number of nitrogens with zero attached hydrogens (tertiary/aromatic N) is 3. The van der Waals surface area contributed by atoms with Gasteiger partial charge in [-0.2, -0.15) is 5.10 Å². The Balaban J connectivity index is 1.70. The maximum absolute atomic E-state index is 12.5. The summed E-state index contributed by atoms with van der Waals surface area (Å²) in [6.45, 7) is 2.98. The quantitative estimate of drug-likeness (QED) is 0.885. The number of likely N-dealkylation sites (tertiary alicyclic amines) is 1. The Morgan fingerprint density at radius 2 is 2.29 bits per heavy atom. The molecule has 2 aromatic heterocycles. The van der Waals surface area contributed by atoms with E-state index in [1.165, 1.54) is 12.5 Å². The van der Waals surface area contributed by atoms with Crippen molar-refractivity contribution >= 4 is 15.7 Å². The van der Waals surface area contributed by atoms with Crippen molar-refractivity contribution in [3.63, 3.8) is 0 Å². The number of hydrogen-bond acceptors (Lipinski definition) is 6. The highest BCUT2D eigenvalue weighted by Crippen LogP contribution is 2.24. The first-order valence-electron chi connectivity index (χ1n) is 7.79. The molecule has 8 nitrogen and oxygen atoms in total. The number of sulfone groups is 1. The van der Waals surface area contributed by atoms with Crippen LogP contribution in [0, 0.1) is 12.8 Å². The smallest absolute Gasteiger partial charge is 0.276 e. The summed E-state index contributed by atoms with van der Waals surface area (Å²) in [5, 5.41) is 10.4. The fourth-order valence-electron chi connectivity index (χ4n) is 3.10. The first-order chi connectivity index (χ1) is 11.3. The van der Waals surface area contributed by atoms with E-state index in [4.69, 9.17) is 4.52 Å². The van der Waals surface area contributed by atoms with Gasteiger partial charge in [-0.05, 0) is 32.1 Å². The van der Waals surface area contributed by atoms with Crippen LogP contribution in [-0.2, 0) is 16.3 Å². The van der Waals surface area contributed by atoms with E-state index < -0.39 is 9.84 Å². The minimum atomic E-state index is -3.31. The van der Waals surface area contributed by atoms with Gasteiger partial charge in [0.05, 0.1) is 11.9 Å². The van der Waals surface area contributed by atoms with Crippen molar-refractivity contribution < 1.29 is 17.7 Å². The molecule has 3 rings (SSSR count). The van der Waals surface area contributed by atoms with Crippen molar-refractivity contribution in [1.29, 1.82) is 0 Å². The molecule has 0 saturated carbocycles. The Kier molecular flexibility index (Phi) is 4.44. The lowest BCUT2D eigenvalue weighted by atomic mass is 9.93. The lowest BCUT2D eigenvalue weighted by Gasteiger charge is -2.32. The van der Waals surface area contributed by atoms with E-state index in [0.29, 0.717) is 36.7 Å². The van der Waals surface area contributed by atoms with E-state index in [-0.39, 0.29) is 16.7 Å². The number of hydrogen-bond donors (Lipinski definition) is 1. The van der Waals surface area contributed by atoms with Crippen molar-refractivity contribution in [3.05, 3.63) is 29.4 Å². The molecule has 24 heavy (non-hydrogen) atoms. The van der Waals surface area contributed by atoms with Gasteiger partial charge in [-0.15, -0.1) is 0 Å². The topological polar surface area (TPSA) is 109 Å². The van der Waals surface area contributed by atoms with E-state index >= 15 is 0 Å². The van der Waals surface area contributed by atoms with Crippen LogP contribution in [0.2, 0.25) is 0 Å². The Morgan fingerprint density at radius 3 is 2.96 bits per heavy atom. The highest BCUT2D eigenvalue weighted by Gasteiger charge is 2.28. The zero-order chi connectivity index (χ0) is 17.3. The van der Waals surface area contributed by atoms with Crippen LogP contribution in [0.4, 0.5) is 0 Å². The van der Waals surface area contributed by atoms with Gasteiger partial charge in [0.15, 0.2) is 15.5 Å². The second-order valence-corrected chi connectivity index (χ2v) is 8.26. The van der Waals surface area contributed by atoms with Gasteiger partial charge in [-0.1, -0.05) is 5.16 Å². The van der Waals surface area contributed by atoms with Gasteiger partial charge in [0, 0.05) is 25.4 Å². The zero-order valence-electron chi connectivity index (χ0n) is 13.7. The molecule has 130 valence electrons. The minimum Gasteiger partial charge on any atom is -0.361 e. The van der Waals surface area contributed by atoms with Crippen molar-refractivity contribution in [3.8, 4) is 0 Å². The number of H-pyrrole nitrogens is 1. The van der Waals surface area contributed by atoms with Gasteiger partial charge in [-0.25, -0.2) is 8.42 Å². The van der Waals surface area contributed by atoms with Crippen LogP contribution in [0.25, 0.3) is 0 Å². The molecule has 1 atom stereocenters. The van der Waals surface area contributed by atoms with Crippen molar-refractivity contribution in [2.75, 3.05) is 19.3 Å². The van der Waals surface area contributed by atoms with E-state index in [0.717, 1.165) is 12.8 Å². The highest BCUT2D eigenvalue weighted by molar-refractivity contribution is 7.90. The number of aryl methyl sites for hydroxylation is 1. The maximum atomic E-state index is 12.5. The molecule has 1 unspecified atom stereocenters. The average molecular weight is 352 g/mol. The van der Waals surface area contributed by atoms with Gasteiger partial charge in [0.25, 0.3) is 5.91 Å². The fraction of sp³-hybridized carbons (Fsp3) is 0.533. The van der Waals surface area contributed by atoms with E-state index in [9.17, 15) is 13.2 Å². The second-order valence-electron chi connectivity index (χ2n) is 6.27. The first-order valence-corrected chi connectivity index (χ1v) is 9.68. The molecule has 3 heterocycles. The number of amides is 1. The SMILES string of the molecule is Cc1cc(C(=O)N2CCCC(Cc3[nH]ncc3S(C)(=O)=O)C2)no1. The summed E-state index contributed by atoms with van der Waals surface area (Å²) >= 11 is 0.